The van der Waals surface area contributed by atoms with E-state index in [4.69, 9.17) is 12.2 Å². The highest BCUT2D eigenvalue weighted by molar-refractivity contribution is 7.80. The monoisotopic (exact) mass is 371 g/mol. The first-order valence-corrected chi connectivity index (χ1v) is 10.8. The van der Waals surface area contributed by atoms with Gasteiger partial charge in [0, 0.05) is 30.9 Å². The Morgan fingerprint density at radius 1 is 1.15 bits per heavy atom. The Bertz CT molecular complexity index is 621. The van der Waals surface area contributed by atoms with Crippen molar-refractivity contribution in [2.75, 3.05) is 24.5 Å². The topological polar surface area (TPSA) is 27.3 Å². The number of hydrogen-bond acceptors (Lipinski definition) is 2. The second-order valence-corrected chi connectivity index (χ2v) is 9.41. The van der Waals surface area contributed by atoms with Crippen LogP contribution < -0.4 is 15.5 Å². The van der Waals surface area contributed by atoms with E-state index in [2.05, 4.69) is 53.6 Å². The van der Waals surface area contributed by atoms with Crippen LogP contribution in [-0.2, 0) is 0 Å². The molecule has 0 radical (unpaired) electrons. The van der Waals surface area contributed by atoms with Crippen LogP contribution in [0.4, 0.5) is 5.69 Å². The van der Waals surface area contributed by atoms with Gasteiger partial charge >= 0.3 is 0 Å². The minimum absolute atomic E-state index is 0.305. The lowest BCUT2D eigenvalue weighted by atomic mass is 9.53. The number of nitrogens with one attached hydrogen (secondary N) is 2. The predicted molar refractivity (Wildman–Crippen MR) is 114 cm³/mol. The van der Waals surface area contributed by atoms with Gasteiger partial charge in [-0.2, -0.15) is 0 Å². The molecule has 0 aliphatic heterocycles. The molecule has 0 atom stereocenters. The van der Waals surface area contributed by atoms with Crippen molar-refractivity contribution in [2.24, 2.45) is 17.8 Å². The van der Waals surface area contributed by atoms with Gasteiger partial charge in [-0.05, 0) is 100 Å². The Hall–Kier alpha value is -1.29. The van der Waals surface area contributed by atoms with Gasteiger partial charge in [-0.1, -0.05) is 12.1 Å². The van der Waals surface area contributed by atoms with Gasteiger partial charge in [-0.15, -0.1) is 0 Å². The molecule has 2 N–H and O–H groups in total. The summed E-state index contributed by atoms with van der Waals surface area (Å²) in [7, 11) is 0. The van der Waals surface area contributed by atoms with Gasteiger partial charge in [0.1, 0.15) is 0 Å². The highest BCUT2D eigenvalue weighted by Crippen LogP contribution is 2.55. The van der Waals surface area contributed by atoms with E-state index in [0.717, 1.165) is 42.5 Å². The number of hydrogen-bond donors (Lipinski definition) is 2. The fourth-order valence-electron chi connectivity index (χ4n) is 6.15. The lowest BCUT2D eigenvalue weighted by Gasteiger charge is -2.57. The summed E-state index contributed by atoms with van der Waals surface area (Å²) in [6.07, 6.45) is 8.44. The average Bonchev–Trinajstić information content (AvgIpc) is 2.57. The van der Waals surface area contributed by atoms with Crippen molar-refractivity contribution in [3.63, 3.8) is 0 Å². The predicted octanol–water partition coefficient (Wildman–Crippen LogP) is 4.25. The van der Waals surface area contributed by atoms with Crippen molar-refractivity contribution >= 4 is 23.0 Å². The van der Waals surface area contributed by atoms with Crippen molar-refractivity contribution in [3.8, 4) is 0 Å². The Kier molecular flexibility index (Phi) is 5.13. The Labute approximate surface area is 163 Å². The molecule has 4 aliphatic carbocycles. The van der Waals surface area contributed by atoms with E-state index in [0.29, 0.717) is 5.54 Å². The number of nitrogens with zero attached hydrogens (tertiary/aromatic N) is 1. The van der Waals surface area contributed by atoms with Gasteiger partial charge in [-0.25, -0.2) is 0 Å². The maximum Gasteiger partial charge on any atom is 0.166 e. The highest BCUT2D eigenvalue weighted by atomic mass is 32.1. The lowest BCUT2D eigenvalue weighted by molar-refractivity contribution is -0.0101. The maximum atomic E-state index is 5.67. The molecule has 0 heterocycles. The van der Waals surface area contributed by atoms with Crippen LogP contribution in [0.5, 0.6) is 0 Å². The summed E-state index contributed by atoms with van der Waals surface area (Å²) in [4.78, 5) is 2.41. The molecule has 0 amide bonds. The molecule has 1 aromatic carbocycles. The third-order valence-electron chi connectivity index (χ3n) is 6.83. The van der Waals surface area contributed by atoms with E-state index < -0.39 is 0 Å². The molecule has 0 spiro atoms. The van der Waals surface area contributed by atoms with E-state index in [-0.39, 0.29) is 0 Å². The number of benzene rings is 1. The zero-order chi connectivity index (χ0) is 18.1. The summed E-state index contributed by atoms with van der Waals surface area (Å²) in [6.45, 7) is 7.25. The van der Waals surface area contributed by atoms with E-state index in [1.54, 1.807) is 0 Å². The highest BCUT2D eigenvalue weighted by Gasteiger charge is 2.51. The average molecular weight is 372 g/mol. The van der Waals surface area contributed by atoms with Gasteiger partial charge in [0.05, 0.1) is 0 Å². The van der Waals surface area contributed by atoms with Crippen LogP contribution in [0, 0.1) is 24.7 Å². The van der Waals surface area contributed by atoms with Crippen molar-refractivity contribution in [1.82, 2.24) is 10.6 Å². The molecule has 0 unspecified atom stereocenters. The number of aryl methyl sites for hydroxylation is 1. The van der Waals surface area contributed by atoms with Crippen LogP contribution in [0.1, 0.15) is 51.0 Å². The zero-order valence-corrected chi connectivity index (χ0v) is 17.1. The van der Waals surface area contributed by atoms with E-state index in [9.17, 15) is 0 Å². The molecule has 4 fully saturated rings. The summed E-state index contributed by atoms with van der Waals surface area (Å²) in [5, 5.41) is 8.12. The Balaban J connectivity index is 1.28. The normalized spacial score (nSPS) is 31.7. The Morgan fingerprint density at radius 2 is 1.81 bits per heavy atom. The number of anilines is 1. The SMILES string of the molecule is CCN(CCNC(=S)NC12CC3CC(CC(C3)C1)C2)c1cccc(C)c1. The summed E-state index contributed by atoms with van der Waals surface area (Å²) in [5.41, 5.74) is 2.92. The molecule has 3 nitrogen and oxygen atoms in total. The molecule has 0 aromatic heterocycles. The van der Waals surface area contributed by atoms with Crippen molar-refractivity contribution < 1.29 is 0 Å². The first-order valence-electron chi connectivity index (χ1n) is 10.4. The van der Waals surface area contributed by atoms with Crippen LogP contribution in [-0.4, -0.2) is 30.3 Å². The van der Waals surface area contributed by atoms with Gasteiger partial charge in [0.2, 0.25) is 0 Å². The minimum atomic E-state index is 0.305. The summed E-state index contributed by atoms with van der Waals surface area (Å²) in [5.74, 6) is 2.86. The van der Waals surface area contributed by atoms with Crippen molar-refractivity contribution in [1.29, 1.82) is 0 Å². The largest absolute Gasteiger partial charge is 0.370 e. The first kappa shape index (κ1) is 18.1. The molecule has 26 heavy (non-hydrogen) atoms. The molecule has 4 bridgehead atoms. The third-order valence-corrected chi connectivity index (χ3v) is 7.08. The molecular formula is C22H33N3S. The first-order chi connectivity index (χ1) is 12.5. The summed E-state index contributed by atoms with van der Waals surface area (Å²) >= 11 is 5.67. The fourth-order valence-corrected chi connectivity index (χ4v) is 6.47. The molecule has 1 aromatic rings. The number of likely N-dealkylation sites (N-methyl/N-ethyl adjacent to an activating group) is 1. The van der Waals surface area contributed by atoms with Crippen molar-refractivity contribution in [2.45, 2.75) is 57.9 Å². The zero-order valence-electron chi connectivity index (χ0n) is 16.3. The molecule has 4 heteroatoms. The van der Waals surface area contributed by atoms with Crippen LogP contribution >= 0.6 is 12.2 Å². The maximum absolute atomic E-state index is 5.67. The van der Waals surface area contributed by atoms with Crippen LogP contribution in [0.2, 0.25) is 0 Å². The van der Waals surface area contributed by atoms with Crippen molar-refractivity contribution in [3.05, 3.63) is 29.8 Å². The van der Waals surface area contributed by atoms with E-state index in [1.165, 1.54) is 49.8 Å². The van der Waals surface area contributed by atoms with Gasteiger partial charge in [0.25, 0.3) is 0 Å². The summed E-state index contributed by atoms with van der Waals surface area (Å²) < 4.78 is 0. The van der Waals surface area contributed by atoms with Gasteiger partial charge < -0.3 is 15.5 Å². The minimum Gasteiger partial charge on any atom is -0.370 e. The van der Waals surface area contributed by atoms with Crippen LogP contribution in [0.15, 0.2) is 24.3 Å². The molecule has 4 aliphatic rings. The fraction of sp³-hybridized carbons (Fsp3) is 0.682. The quantitative estimate of drug-likeness (QED) is 0.731. The van der Waals surface area contributed by atoms with Gasteiger partial charge in [0.15, 0.2) is 5.11 Å². The molecular weight excluding hydrogens is 338 g/mol. The number of rotatable bonds is 6. The second-order valence-electron chi connectivity index (χ2n) is 9.00. The molecule has 5 rings (SSSR count). The molecule has 142 valence electrons. The second kappa shape index (κ2) is 7.38. The molecule has 0 saturated heterocycles. The number of thiocarbonyl (C=S) groups is 1. The third kappa shape index (κ3) is 3.85. The van der Waals surface area contributed by atoms with Gasteiger partial charge in [-0.3, -0.25) is 0 Å². The Morgan fingerprint density at radius 3 is 2.38 bits per heavy atom. The van der Waals surface area contributed by atoms with E-state index >= 15 is 0 Å². The van der Waals surface area contributed by atoms with E-state index in [1.807, 2.05) is 0 Å². The standard InChI is InChI=1S/C22H33N3S/c1-3-25(20-6-4-5-16(2)9-20)8-7-23-21(26)24-22-13-17-10-18(14-22)12-19(11-17)15-22/h4-6,9,17-19H,3,7-8,10-15H2,1-2H3,(H2,23,24,26). The molecule has 4 saturated carbocycles. The summed E-state index contributed by atoms with van der Waals surface area (Å²) in [6, 6.07) is 8.75. The smallest absolute Gasteiger partial charge is 0.166 e. The lowest BCUT2D eigenvalue weighted by Crippen LogP contribution is -2.61. The van der Waals surface area contributed by atoms with Crippen LogP contribution in [0.3, 0.4) is 0 Å². The van der Waals surface area contributed by atoms with Crippen LogP contribution in [0.25, 0.3) is 0 Å².